The maximum atomic E-state index is 11.9. The van der Waals surface area contributed by atoms with Gasteiger partial charge >= 0.3 is 0 Å². The summed E-state index contributed by atoms with van der Waals surface area (Å²) in [5, 5.41) is 2.97. The Morgan fingerprint density at radius 3 is 2.79 bits per heavy atom. The monoisotopic (exact) mass is 333 g/mol. The van der Waals surface area contributed by atoms with E-state index in [0.717, 1.165) is 31.7 Å². The van der Waals surface area contributed by atoms with Crippen LogP contribution in [-0.2, 0) is 17.6 Å². The number of aryl methyl sites for hydroxylation is 2. The highest BCUT2D eigenvalue weighted by molar-refractivity contribution is 5.77. The van der Waals surface area contributed by atoms with Gasteiger partial charge in [-0.15, -0.1) is 0 Å². The van der Waals surface area contributed by atoms with Crippen LogP contribution in [0, 0.1) is 0 Å². The number of fused-ring (bicyclic) bond motifs is 1. The SMILES string of the molecule is C[NH+]1CC[NH+](CCCNC(=O)COc2ccc3c(c2)CCC3)CC1. The molecule has 1 aromatic carbocycles. The van der Waals surface area contributed by atoms with Crippen molar-refractivity contribution >= 4 is 5.91 Å². The molecule has 1 aromatic rings. The van der Waals surface area contributed by atoms with Crippen molar-refractivity contribution in [3.63, 3.8) is 0 Å². The van der Waals surface area contributed by atoms with Crippen molar-refractivity contribution < 1.29 is 19.3 Å². The Kier molecular flexibility index (Phi) is 6.10. The number of piperazine rings is 1. The molecule has 3 rings (SSSR count). The van der Waals surface area contributed by atoms with Crippen LogP contribution in [0.15, 0.2) is 18.2 Å². The lowest BCUT2D eigenvalue weighted by Gasteiger charge is -2.27. The lowest BCUT2D eigenvalue weighted by atomic mass is 10.1. The van der Waals surface area contributed by atoms with Gasteiger partial charge in [0, 0.05) is 13.0 Å². The number of nitrogens with one attached hydrogen (secondary N) is 3. The maximum Gasteiger partial charge on any atom is 0.257 e. The van der Waals surface area contributed by atoms with Crippen molar-refractivity contribution in [2.75, 3.05) is 52.9 Å². The molecule has 132 valence electrons. The minimum atomic E-state index is -0.0201. The second-order valence-corrected chi connectivity index (χ2v) is 7.23. The number of benzene rings is 1. The molecule has 0 bridgehead atoms. The molecule has 5 heteroatoms. The fraction of sp³-hybridized carbons (Fsp3) is 0.632. The molecule has 24 heavy (non-hydrogen) atoms. The first kappa shape index (κ1) is 17.2. The summed E-state index contributed by atoms with van der Waals surface area (Å²) < 4.78 is 5.63. The van der Waals surface area contributed by atoms with Crippen molar-refractivity contribution in [3.8, 4) is 5.75 Å². The molecule has 1 aliphatic heterocycles. The number of ether oxygens (including phenoxy) is 1. The third-order valence-corrected chi connectivity index (χ3v) is 5.28. The van der Waals surface area contributed by atoms with Crippen molar-refractivity contribution in [2.45, 2.75) is 25.7 Å². The van der Waals surface area contributed by atoms with Gasteiger partial charge in [0.2, 0.25) is 0 Å². The molecule has 0 saturated carbocycles. The molecule has 1 saturated heterocycles. The molecule has 0 unspecified atom stereocenters. The standard InChI is InChI=1S/C19H29N3O2/c1-21-10-12-22(13-11-21)9-3-8-20-19(23)15-24-18-7-6-16-4-2-5-17(16)14-18/h6-7,14H,2-5,8-13,15H2,1H3,(H,20,23)/p+2. The Labute approximate surface area is 145 Å². The van der Waals surface area contributed by atoms with Gasteiger partial charge in [0.25, 0.3) is 5.91 Å². The Morgan fingerprint density at radius 2 is 1.96 bits per heavy atom. The number of rotatable bonds is 7. The van der Waals surface area contributed by atoms with E-state index in [4.69, 9.17) is 4.74 Å². The van der Waals surface area contributed by atoms with Crippen LogP contribution in [0.3, 0.4) is 0 Å². The van der Waals surface area contributed by atoms with Crippen LogP contribution in [0.2, 0.25) is 0 Å². The van der Waals surface area contributed by atoms with Crippen molar-refractivity contribution in [1.82, 2.24) is 5.32 Å². The summed E-state index contributed by atoms with van der Waals surface area (Å²) in [7, 11) is 2.26. The number of hydrogen-bond donors (Lipinski definition) is 3. The molecule has 1 heterocycles. The largest absolute Gasteiger partial charge is 0.484 e. The number of carbonyl (C=O) groups is 1. The van der Waals surface area contributed by atoms with E-state index < -0.39 is 0 Å². The van der Waals surface area contributed by atoms with Crippen molar-refractivity contribution in [2.24, 2.45) is 0 Å². The van der Waals surface area contributed by atoms with E-state index in [1.54, 1.807) is 9.80 Å². The lowest BCUT2D eigenvalue weighted by molar-refractivity contribution is -1.00. The molecule has 0 spiro atoms. The van der Waals surface area contributed by atoms with Crippen LogP contribution in [0.25, 0.3) is 0 Å². The van der Waals surface area contributed by atoms with Crippen LogP contribution in [-0.4, -0.2) is 58.8 Å². The van der Waals surface area contributed by atoms with E-state index in [-0.39, 0.29) is 12.5 Å². The average Bonchev–Trinajstić information content (AvgIpc) is 3.06. The predicted octanol–water partition coefficient (Wildman–Crippen LogP) is -1.53. The molecule has 1 fully saturated rings. The van der Waals surface area contributed by atoms with Gasteiger partial charge in [0.1, 0.15) is 31.9 Å². The first-order chi connectivity index (χ1) is 11.7. The molecule has 5 nitrogen and oxygen atoms in total. The molecule has 0 aromatic heterocycles. The topological polar surface area (TPSA) is 47.2 Å². The van der Waals surface area contributed by atoms with Gasteiger partial charge in [0.15, 0.2) is 6.61 Å². The Balaban J connectivity index is 1.29. The van der Waals surface area contributed by atoms with Gasteiger partial charge in [-0.05, 0) is 42.5 Å². The average molecular weight is 333 g/mol. The minimum Gasteiger partial charge on any atom is -0.484 e. The molecule has 1 aliphatic carbocycles. The fourth-order valence-corrected chi connectivity index (χ4v) is 3.68. The quantitative estimate of drug-likeness (QED) is 0.531. The first-order valence-electron chi connectivity index (χ1n) is 9.37. The number of likely N-dealkylation sites (N-methyl/N-ethyl adjacent to an activating group) is 1. The van der Waals surface area contributed by atoms with Gasteiger partial charge in [0.05, 0.1) is 13.6 Å². The fourth-order valence-electron chi connectivity index (χ4n) is 3.68. The molecule has 0 radical (unpaired) electrons. The number of quaternary nitrogens is 2. The molecule has 0 atom stereocenters. The predicted molar refractivity (Wildman–Crippen MR) is 93.8 cm³/mol. The van der Waals surface area contributed by atoms with Gasteiger partial charge in [-0.1, -0.05) is 6.07 Å². The van der Waals surface area contributed by atoms with Crippen molar-refractivity contribution in [3.05, 3.63) is 29.3 Å². The van der Waals surface area contributed by atoms with Crippen LogP contribution in [0.4, 0.5) is 0 Å². The molecular weight excluding hydrogens is 302 g/mol. The van der Waals surface area contributed by atoms with E-state index in [2.05, 4.69) is 24.5 Å². The summed E-state index contributed by atoms with van der Waals surface area (Å²) in [6.45, 7) is 7.04. The van der Waals surface area contributed by atoms with Crippen LogP contribution < -0.4 is 19.9 Å². The first-order valence-corrected chi connectivity index (χ1v) is 9.37. The highest BCUT2D eigenvalue weighted by atomic mass is 16.5. The highest BCUT2D eigenvalue weighted by Crippen LogP contribution is 2.25. The van der Waals surface area contributed by atoms with Gasteiger partial charge in [-0.2, -0.15) is 0 Å². The summed E-state index contributed by atoms with van der Waals surface area (Å²) in [6, 6.07) is 6.21. The van der Waals surface area contributed by atoms with Gasteiger partial charge in [-0.25, -0.2) is 0 Å². The van der Waals surface area contributed by atoms with Gasteiger partial charge < -0.3 is 19.9 Å². The number of hydrogen-bond acceptors (Lipinski definition) is 2. The number of amides is 1. The Bertz CT molecular complexity index is 554. The van der Waals surface area contributed by atoms with Crippen LogP contribution in [0.5, 0.6) is 5.75 Å². The summed E-state index contributed by atoms with van der Waals surface area (Å²) >= 11 is 0. The summed E-state index contributed by atoms with van der Waals surface area (Å²) in [5.41, 5.74) is 2.81. The smallest absolute Gasteiger partial charge is 0.257 e. The zero-order valence-corrected chi connectivity index (χ0v) is 14.8. The zero-order chi connectivity index (χ0) is 16.8. The van der Waals surface area contributed by atoms with E-state index in [0.29, 0.717) is 0 Å². The maximum absolute atomic E-state index is 11.9. The molecule has 2 aliphatic rings. The van der Waals surface area contributed by atoms with E-state index in [1.807, 2.05) is 6.07 Å². The van der Waals surface area contributed by atoms with Crippen LogP contribution in [0.1, 0.15) is 24.0 Å². The Morgan fingerprint density at radius 1 is 1.17 bits per heavy atom. The van der Waals surface area contributed by atoms with Crippen molar-refractivity contribution in [1.29, 1.82) is 0 Å². The summed E-state index contributed by atoms with van der Waals surface area (Å²) in [6.07, 6.45) is 4.58. The normalized spacial score (nSPS) is 22.9. The second-order valence-electron chi connectivity index (χ2n) is 7.23. The van der Waals surface area contributed by atoms with Crippen LogP contribution >= 0.6 is 0 Å². The second kappa shape index (κ2) is 8.49. The molecule has 3 N–H and O–H groups in total. The summed E-state index contributed by atoms with van der Waals surface area (Å²) in [4.78, 5) is 15.2. The molecular formula is C19H31N3O2+2. The van der Waals surface area contributed by atoms with E-state index in [1.165, 1.54) is 50.1 Å². The lowest BCUT2D eigenvalue weighted by Crippen LogP contribution is -3.27. The highest BCUT2D eigenvalue weighted by Gasteiger charge is 2.19. The minimum absolute atomic E-state index is 0.0201. The van der Waals surface area contributed by atoms with E-state index in [9.17, 15) is 4.79 Å². The van der Waals surface area contributed by atoms with E-state index >= 15 is 0 Å². The third-order valence-electron chi connectivity index (χ3n) is 5.28. The zero-order valence-electron chi connectivity index (χ0n) is 14.8. The van der Waals surface area contributed by atoms with Gasteiger partial charge in [-0.3, -0.25) is 4.79 Å². The third kappa shape index (κ3) is 4.95. The molecule has 1 amide bonds. The number of carbonyl (C=O) groups excluding carboxylic acids is 1. The summed E-state index contributed by atoms with van der Waals surface area (Å²) in [5.74, 6) is 0.795. The Hall–Kier alpha value is -1.59.